The smallest absolute Gasteiger partial charge is 0.461 e. The second-order valence-corrected chi connectivity index (χ2v) is 8.46. The zero-order chi connectivity index (χ0) is 26.2. The normalized spacial score (nSPS) is 13.9. The molecule has 1 fully saturated rings. The summed E-state index contributed by atoms with van der Waals surface area (Å²) in [7, 11) is 5.43. The van der Waals surface area contributed by atoms with Gasteiger partial charge in [-0.05, 0) is 44.5 Å². The molecule has 0 atom stereocenters. The molecule has 0 bridgehead atoms. The van der Waals surface area contributed by atoms with Crippen molar-refractivity contribution in [1.29, 1.82) is 0 Å². The minimum Gasteiger partial charge on any atom is -0.461 e. The molecule has 1 heterocycles. The number of nitrogens with zero attached hydrogens (tertiary/aromatic N) is 2. The number of pyridine rings is 1. The maximum Gasteiger partial charge on any atom is 1.00 e. The molecule has 5 nitrogen and oxygen atoms in total. The molecular weight excluding hydrogens is 593 g/mol. The van der Waals surface area contributed by atoms with Crippen molar-refractivity contribution in [3.63, 3.8) is 0 Å². The van der Waals surface area contributed by atoms with E-state index in [-0.39, 0.29) is 116 Å². The standard InChI is InChI=1S/C26H31F4N4O.Cs/c1-6-22-23(18(3)32-21(16-27)11-13-34(4)5)15-20(33-25(22)17(2)26(28,29)30)8-7-12-31-24(35)14-19-9-10-19;/h6-8,15-16,19,32H,1-4,9-14H2,5H3,(H,31,35);/q-1;+1/b8-7+,21-16-;. The summed E-state index contributed by atoms with van der Waals surface area (Å²) in [4.78, 5) is 17.6. The SMILES string of the molecule is C=Cc1c(C(=C)N/C(=C\F)CCN([CH2-])C)cc(/C=C/CNC(=O)CC2CC2)nc1C(=C)C(F)(F)F.[Cs+]. The molecule has 36 heavy (non-hydrogen) atoms. The van der Waals surface area contributed by atoms with Crippen molar-refractivity contribution in [2.75, 3.05) is 20.1 Å². The Hall–Kier alpha value is -1.15. The average molecular weight is 624 g/mol. The molecule has 1 aliphatic rings. The van der Waals surface area contributed by atoms with Crippen LogP contribution < -0.4 is 79.5 Å². The van der Waals surface area contributed by atoms with Crippen LogP contribution >= 0.6 is 0 Å². The number of carbonyl (C=O) groups excluding carboxylic acids is 1. The van der Waals surface area contributed by atoms with Crippen molar-refractivity contribution in [1.82, 2.24) is 20.5 Å². The van der Waals surface area contributed by atoms with Gasteiger partial charge in [0.15, 0.2) is 0 Å². The van der Waals surface area contributed by atoms with E-state index in [1.165, 1.54) is 18.2 Å². The van der Waals surface area contributed by atoms with Gasteiger partial charge in [0, 0.05) is 41.9 Å². The van der Waals surface area contributed by atoms with Gasteiger partial charge in [-0.1, -0.05) is 31.9 Å². The van der Waals surface area contributed by atoms with Crippen LogP contribution in [0.3, 0.4) is 0 Å². The third kappa shape index (κ3) is 10.7. The number of amides is 1. The number of rotatable bonds is 13. The zero-order valence-electron chi connectivity index (χ0n) is 20.8. The molecule has 190 valence electrons. The Morgan fingerprint density at radius 1 is 1.33 bits per heavy atom. The zero-order valence-corrected chi connectivity index (χ0v) is 27.1. The molecular formula is C26H31CsF4N4O. The fourth-order valence-electron chi connectivity index (χ4n) is 3.21. The molecule has 0 radical (unpaired) electrons. The van der Waals surface area contributed by atoms with Gasteiger partial charge in [-0.15, -0.1) is 0 Å². The average Bonchev–Trinajstić information content (AvgIpc) is 3.61. The molecule has 1 aromatic heterocycles. The van der Waals surface area contributed by atoms with Crippen LogP contribution in [0.15, 0.2) is 43.9 Å². The number of alkyl halides is 3. The van der Waals surface area contributed by atoms with Crippen molar-refractivity contribution in [3.05, 3.63) is 73.5 Å². The Bertz CT molecular complexity index is 1030. The minimum absolute atomic E-state index is 0. The van der Waals surface area contributed by atoms with Gasteiger partial charge in [0.2, 0.25) is 5.91 Å². The molecule has 0 aromatic carbocycles. The van der Waals surface area contributed by atoms with Gasteiger partial charge in [-0.3, -0.25) is 11.8 Å². The predicted molar refractivity (Wildman–Crippen MR) is 133 cm³/mol. The molecule has 1 amide bonds. The number of carbonyl (C=O) groups is 1. The Morgan fingerprint density at radius 3 is 2.53 bits per heavy atom. The van der Waals surface area contributed by atoms with E-state index in [4.69, 9.17) is 0 Å². The Labute approximate surface area is 269 Å². The van der Waals surface area contributed by atoms with Crippen LogP contribution in [0.2, 0.25) is 0 Å². The summed E-state index contributed by atoms with van der Waals surface area (Å²) in [6, 6.07) is 1.52. The molecule has 1 aliphatic carbocycles. The fraction of sp³-hybridized carbons (Fsp3) is 0.346. The van der Waals surface area contributed by atoms with E-state index in [2.05, 4.69) is 42.4 Å². The van der Waals surface area contributed by atoms with E-state index in [1.54, 1.807) is 18.0 Å². The van der Waals surface area contributed by atoms with Crippen LogP contribution in [0, 0.1) is 13.0 Å². The molecule has 1 aromatic rings. The maximum atomic E-state index is 13.5. The summed E-state index contributed by atoms with van der Waals surface area (Å²) >= 11 is 0. The third-order valence-corrected chi connectivity index (χ3v) is 5.32. The van der Waals surface area contributed by atoms with E-state index in [9.17, 15) is 22.4 Å². The van der Waals surface area contributed by atoms with Gasteiger partial charge in [-0.2, -0.15) is 13.2 Å². The maximum absolute atomic E-state index is 13.5. The molecule has 1 saturated carbocycles. The number of allylic oxidation sites excluding steroid dienone is 1. The monoisotopic (exact) mass is 624 g/mol. The quantitative estimate of drug-likeness (QED) is 0.262. The number of hydrogen-bond donors (Lipinski definition) is 2. The van der Waals surface area contributed by atoms with Gasteiger partial charge in [-0.25, -0.2) is 9.37 Å². The Balaban J connectivity index is 0.00000648. The Morgan fingerprint density at radius 2 is 2.00 bits per heavy atom. The largest absolute Gasteiger partial charge is 1.00 e. The van der Waals surface area contributed by atoms with E-state index in [1.807, 2.05) is 0 Å². The number of nitrogens with one attached hydrogen (secondary N) is 2. The van der Waals surface area contributed by atoms with Crippen molar-refractivity contribution in [3.8, 4) is 0 Å². The molecule has 0 unspecified atom stereocenters. The van der Waals surface area contributed by atoms with Crippen LogP contribution in [-0.4, -0.2) is 42.1 Å². The van der Waals surface area contributed by atoms with Gasteiger partial charge in [0.25, 0.3) is 0 Å². The summed E-state index contributed by atoms with van der Waals surface area (Å²) in [5.41, 5.74) is -0.690. The predicted octanol–water partition coefficient (Wildman–Crippen LogP) is 2.72. The summed E-state index contributed by atoms with van der Waals surface area (Å²) in [5.74, 6) is 0.372. The summed E-state index contributed by atoms with van der Waals surface area (Å²) in [6.07, 6.45) is 2.84. The number of hydrogen-bond acceptors (Lipinski definition) is 4. The molecule has 2 rings (SSSR count). The first-order chi connectivity index (χ1) is 16.5. The van der Waals surface area contributed by atoms with Crippen molar-refractivity contribution >= 4 is 29.3 Å². The van der Waals surface area contributed by atoms with Crippen LogP contribution in [0.25, 0.3) is 23.4 Å². The molecule has 0 aliphatic heterocycles. The summed E-state index contributed by atoms with van der Waals surface area (Å²) < 4.78 is 54.0. The number of halogens is 4. The second kappa shape index (κ2) is 15.3. The van der Waals surface area contributed by atoms with Gasteiger partial charge in [0.05, 0.1) is 17.0 Å². The van der Waals surface area contributed by atoms with E-state index < -0.39 is 17.4 Å². The van der Waals surface area contributed by atoms with Gasteiger partial charge >= 0.3 is 75.1 Å². The Kier molecular flexibility index (Phi) is 14.0. The number of aromatic nitrogens is 1. The van der Waals surface area contributed by atoms with Crippen molar-refractivity contribution in [2.45, 2.75) is 31.9 Å². The van der Waals surface area contributed by atoms with Crippen LogP contribution in [-0.2, 0) is 4.79 Å². The minimum atomic E-state index is -4.72. The first kappa shape index (κ1) is 32.9. The van der Waals surface area contributed by atoms with Crippen molar-refractivity contribution in [2.24, 2.45) is 5.92 Å². The topological polar surface area (TPSA) is 57.3 Å². The molecule has 10 heteroatoms. The van der Waals surface area contributed by atoms with E-state index in [0.717, 1.165) is 12.8 Å². The van der Waals surface area contributed by atoms with Crippen LogP contribution in [0.5, 0.6) is 0 Å². The first-order valence-electron chi connectivity index (χ1n) is 11.1. The van der Waals surface area contributed by atoms with Gasteiger partial charge < -0.3 is 15.5 Å². The molecule has 2 N–H and O–H groups in total. The molecule has 0 spiro atoms. The van der Waals surface area contributed by atoms with Crippen LogP contribution in [0.4, 0.5) is 17.6 Å². The first-order valence-corrected chi connectivity index (χ1v) is 11.1. The van der Waals surface area contributed by atoms with Gasteiger partial charge in [0.1, 0.15) is 6.33 Å². The van der Waals surface area contributed by atoms with E-state index in [0.29, 0.717) is 25.2 Å². The summed E-state index contributed by atoms with van der Waals surface area (Å²) in [6.45, 7) is 11.3. The second-order valence-electron chi connectivity index (χ2n) is 8.46. The van der Waals surface area contributed by atoms with Crippen LogP contribution in [0.1, 0.15) is 48.2 Å². The summed E-state index contributed by atoms with van der Waals surface area (Å²) in [5, 5.41) is 5.57. The fourth-order valence-corrected chi connectivity index (χ4v) is 3.21. The van der Waals surface area contributed by atoms with E-state index >= 15 is 0 Å². The third-order valence-electron chi connectivity index (χ3n) is 5.32. The van der Waals surface area contributed by atoms with Crippen molar-refractivity contribution < 1.29 is 91.2 Å². The molecule has 0 saturated heterocycles.